The predicted molar refractivity (Wildman–Crippen MR) is 114 cm³/mol. The number of nitrogens with zero attached hydrogens (tertiary/aromatic N) is 2. The summed E-state index contributed by atoms with van der Waals surface area (Å²) in [5.74, 6) is -0.420. The first kappa shape index (κ1) is 20.9. The van der Waals surface area contributed by atoms with E-state index < -0.39 is 24.2 Å². The molecule has 0 spiro atoms. The molecule has 1 aliphatic rings. The van der Waals surface area contributed by atoms with Gasteiger partial charge >= 0.3 is 6.18 Å². The van der Waals surface area contributed by atoms with Crippen molar-refractivity contribution in [1.82, 2.24) is 9.78 Å². The molecule has 5 nitrogen and oxygen atoms in total. The van der Waals surface area contributed by atoms with Crippen LogP contribution in [-0.2, 0) is 6.42 Å². The Labute approximate surface area is 183 Å². The Morgan fingerprint density at radius 1 is 1.33 bits per heavy atom. The summed E-state index contributed by atoms with van der Waals surface area (Å²) in [6.45, 7) is 1.96. The van der Waals surface area contributed by atoms with Crippen LogP contribution in [0.2, 0.25) is 0 Å². The quantitative estimate of drug-likeness (QED) is 0.451. The molecule has 2 atom stereocenters. The highest BCUT2D eigenvalue weighted by atomic mass is 79.9. The van der Waals surface area contributed by atoms with Crippen molar-refractivity contribution in [2.75, 3.05) is 10.6 Å². The third-order valence-corrected chi connectivity index (χ3v) is 6.78. The first-order chi connectivity index (χ1) is 14.3. The number of nitrogens with one attached hydrogen (secondary N) is 2. The third kappa shape index (κ3) is 3.85. The summed E-state index contributed by atoms with van der Waals surface area (Å²) in [5, 5.41) is 11.8. The number of carbonyl (C=O) groups is 1. The van der Waals surface area contributed by atoms with E-state index in [1.807, 2.05) is 24.4 Å². The molecule has 0 unspecified atom stereocenters. The van der Waals surface area contributed by atoms with Gasteiger partial charge < -0.3 is 10.6 Å². The van der Waals surface area contributed by atoms with E-state index in [1.54, 1.807) is 24.3 Å². The van der Waals surface area contributed by atoms with Gasteiger partial charge in [-0.3, -0.25) is 4.79 Å². The number of rotatable bonds is 4. The number of hydrogen-bond donors (Lipinski definition) is 2. The summed E-state index contributed by atoms with van der Waals surface area (Å²) < 4.78 is 42.5. The Bertz CT molecular complexity index is 1060. The van der Waals surface area contributed by atoms with E-state index in [0.717, 1.165) is 15.1 Å². The van der Waals surface area contributed by atoms with E-state index in [0.29, 0.717) is 12.1 Å². The fourth-order valence-electron chi connectivity index (χ4n) is 3.54. The number of benzene rings is 1. The zero-order valence-electron chi connectivity index (χ0n) is 15.8. The van der Waals surface area contributed by atoms with Crippen molar-refractivity contribution in [2.24, 2.45) is 0 Å². The van der Waals surface area contributed by atoms with Gasteiger partial charge in [-0.2, -0.15) is 18.3 Å². The minimum Gasteiger partial charge on any atom is -0.362 e. The maximum absolute atomic E-state index is 13.8. The highest BCUT2D eigenvalue weighted by molar-refractivity contribution is 9.10. The lowest BCUT2D eigenvalue weighted by atomic mass is 10.0. The van der Waals surface area contributed by atoms with Gasteiger partial charge in [-0.1, -0.05) is 31.2 Å². The predicted octanol–water partition coefficient (Wildman–Crippen LogP) is 6.18. The second kappa shape index (κ2) is 8.07. The van der Waals surface area contributed by atoms with Crippen molar-refractivity contribution in [1.29, 1.82) is 0 Å². The Hall–Kier alpha value is -2.33. The van der Waals surface area contributed by atoms with E-state index in [1.165, 1.54) is 11.3 Å². The minimum absolute atomic E-state index is 0.0931. The lowest BCUT2D eigenvalue weighted by molar-refractivity contribution is -0.173. The summed E-state index contributed by atoms with van der Waals surface area (Å²) in [5.41, 5.74) is 1.44. The van der Waals surface area contributed by atoms with Crippen LogP contribution in [0.1, 0.15) is 46.4 Å². The standard InChI is InChI=1S/C20H18BrF3N4OS/c1-2-11-6-3-4-7-12(11)26-19(29)17-16(21)18-25-13(14-8-5-9-30-14)10-15(20(22,23)24)28(18)27-17/h3-9,13,15,25H,2,10H2,1H3,(H,26,29)/t13-,15+/m0/s1. The summed E-state index contributed by atoms with van der Waals surface area (Å²) in [4.78, 5) is 13.7. The second-order valence-electron chi connectivity index (χ2n) is 6.93. The van der Waals surface area contributed by atoms with Crippen LogP contribution in [0.3, 0.4) is 0 Å². The number of anilines is 2. The Morgan fingerprint density at radius 3 is 2.77 bits per heavy atom. The highest BCUT2D eigenvalue weighted by Gasteiger charge is 2.48. The van der Waals surface area contributed by atoms with Crippen molar-refractivity contribution in [3.63, 3.8) is 0 Å². The van der Waals surface area contributed by atoms with E-state index in [-0.39, 0.29) is 22.4 Å². The average molecular weight is 499 g/mol. The fourth-order valence-corrected chi connectivity index (χ4v) is 4.89. The van der Waals surface area contributed by atoms with Crippen molar-refractivity contribution >= 4 is 44.7 Å². The first-order valence-corrected chi connectivity index (χ1v) is 11.0. The summed E-state index contributed by atoms with van der Waals surface area (Å²) in [6.07, 6.45) is -4.00. The molecular formula is C20H18BrF3N4OS. The zero-order valence-corrected chi connectivity index (χ0v) is 18.2. The van der Waals surface area contributed by atoms with Crippen LogP contribution in [0, 0.1) is 0 Å². The molecule has 3 heterocycles. The molecule has 4 rings (SSSR count). The SMILES string of the molecule is CCc1ccccc1NC(=O)c1nn2c(c1Br)N[C@H](c1cccs1)C[C@@H]2C(F)(F)F. The zero-order chi connectivity index (χ0) is 21.5. The second-order valence-corrected chi connectivity index (χ2v) is 8.70. The molecule has 2 N–H and O–H groups in total. The molecule has 1 aromatic carbocycles. The van der Waals surface area contributed by atoms with E-state index >= 15 is 0 Å². The number of hydrogen-bond acceptors (Lipinski definition) is 4. The van der Waals surface area contributed by atoms with Crippen LogP contribution in [0.25, 0.3) is 0 Å². The molecule has 0 radical (unpaired) electrons. The molecule has 0 saturated heterocycles. The highest BCUT2D eigenvalue weighted by Crippen LogP contribution is 2.46. The minimum atomic E-state index is -4.50. The van der Waals surface area contributed by atoms with E-state index in [4.69, 9.17) is 0 Å². The maximum atomic E-state index is 13.8. The molecule has 0 bridgehead atoms. The maximum Gasteiger partial charge on any atom is 0.410 e. The van der Waals surface area contributed by atoms with Crippen LogP contribution in [0.4, 0.5) is 24.7 Å². The molecule has 0 aliphatic carbocycles. The van der Waals surface area contributed by atoms with Gasteiger partial charge in [-0.05, 0) is 45.4 Å². The van der Waals surface area contributed by atoms with Gasteiger partial charge in [0.05, 0.1) is 10.5 Å². The number of halogens is 4. The monoisotopic (exact) mass is 498 g/mol. The van der Waals surface area contributed by atoms with Crippen LogP contribution in [-0.4, -0.2) is 21.9 Å². The topological polar surface area (TPSA) is 59.0 Å². The molecule has 1 aliphatic heterocycles. The number of fused-ring (bicyclic) bond motifs is 1. The molecule has 2 aromatic heterocycles. The largest absolute Gasteiger partial charge is 0.410 e. The van der Waals surface area contributed by atoms with E-state index in [2.05, 4.69) is 31.7 Å². The van der Waals surface area contributed by atoms with Gasteiger partial charge in [0.1, 0.15) is 5.82 Å². The molecule has 30 heavy (non-hydrogen) atoms. The normalized spacial score (nSPS) is 18.6. The van der Waals surface area contributed by atoms with E-state index in [9.17, 15) is 18.0 Å². The van der Waals surface area contributed by atoms with Crippen molar-refractivity contribution in [2.45, 2.75) is 38.0 Å². The number of amides is 1. The van der Waals surface area contributed by atoms with Crippen molar-refractivity contribution < 1.29 is 18.0 Å². The molecule has 3 aromatic rings. The molecule has 158 valence electrons. The summed E-state index contributed by atoms with van der Waals surface area (Å²) in [7, 11) is 0. The van der Waals surface area contributed by atoms with Crippen LogP contribution in [0.5, 0.6) is 0 Å². The number of alkyl halides is 3. The molecule has 10 heteroatoms. The molecule has 0 saturated carbocycles. The molecule has 0 fully saturated rings. The third-order valence-electron chi connectivity index (χ3n) is 5.04. The molecular weight excluding hydrogens is 481 g/mol. The van der Waals surface area contributed by atoms with Gasteiger partial charge in [0.15, 0.2) is 11.7 Å². The Kier molecular flexibility index (Phi) is 5.63. The Morgan fingerprint density at radius 2 is 2.10 bits per heavy atom. The number of aromatic nitrogens is 2. The smallest absolute Gasteiger partial charge is 0.362 e. The lowest BCUT2D eigenvalue weighted by Crippen LogP contribution is -2.35. The van der Waals surface area contributed by atoms with Crippen molar-refractivity contribution in [3.8, 4) is 0 Å². The van der Waals surface area contributed by atoms with Crippen LogP contribution in [0.15, 0.2) is 46.3 Å². The molecule has 1 amide bonds. The fraction of sp³-hybridized carbons (Fsp3) is 0.300. The summed E-state index contributed by atoms with van der Waals surface area (Å²) in [6, 6.07) is 8.53. The average Bonchev–Trinajstić information content (AvgIpc) is 3.35. The number of para-hydroxylation sites is 1. The number of thiophene rings is 1. The number of carbonyl (C=O) groups excluding carboxylic acids is 1. The first-order valence-electron chi connectivity index (χ1n) is 9.33. The van der Waals surface area contributed by atoms with Gasteiger partial charge in [-0.15, -0.1) is 11.3 Å². The van der Waals surface area contributed by atoms with Crippen molar-refractivity contribution in [3.05, 3.63) is 62.4 Å². The Balaban J connectivity index is 1.70. The lowest BCUT2D eigenvalue weighted by Gasteiger charge is -2.33. The number of aryl methyl sites for hydroxylation is 1. The van der Waals surface area contributed by atoms with Gasteiger partial charge in [-0.25, -0.2) is 4.68 Å². The summed E-state index contributed by atoms with van der Waals surface area (Å²) >= 11 is 4.69. The van der Waals surface area contributed by atoms with Gasteiger partial charge in [0.2, 0.25) is 0 Å². The van der Waals surface area contributed by atoms with Gasteiger partial charge in [0, 0.05) is 17.0 Å². The van der Waals surface area contributed by atoms with Gasteiger partial charge in [0.25, 0.3) is 5.91 Å². The van der Waals surface area contributed by atoms with Crippen LogP contribution >= 0.6 is 27.3 Å². The van der Waals surface area contributed by atoms with Crippen LogP contribution < -0.4 is 10.6 Å².